The zero-order valence-electron chi connectivity index (χ0n) is 79.9. The number of nitrogens with zero attached hydrogens (tertiary/aromatic N) is 16. The van der Waals surface area contributed by atoms with Crippen LogP contribution in [0.2, 0.25) is 0 Å². The van der Waals surface area contributed by atoms with Crippen LogP contribution < -0.4 is 98.7 Å². The Kier molecular flexibility index (Phi) is 42.3. The van der Waals surface area contributed by atoms with Crippen molar-refractivity contribution in [2.24, 2.45) is 66.4 Å². The molecule has 11 N–H and O–H groups in total. The number of H-pyrrole nitrogens is 6. The zero-order valence-corrected chi connectivity index (χ0v) is 83.1. The van der Waals surface area contributed by atoms with Crippen molar-refractivity contribution in [2.75, 3.05) is 209 Å². The number of hydrogen-bond donors (Lipinski definition) is 11. The van der Waals surface area contributed by atoms with E-state index in [1.54, 1.807) is 44.7 Å². The van der Waals surface area contributed by atoms with E-state index in [0.29, 0.717) is 76.9 Å². The van der Waals surface area contributed by atoms with E-state index in [4.69, 9.17) is 33.9 Å². The Bertz CT molecular complexity index is 6160. The van der Waals surface area contributed by atoms with Gasteiger partial charge in [0.2, 0.25) is 0 Å². The predicted molar refractivity (Wildman–Crippen MR) is 548 cm³/mol. The Morgan fingerprint density at radius 1 is 0.375 bits per heavy atom. The minimum absolute atomic E-state index is 0.0226. The highest BCUT2D eigenvalue weighted by atomic mass is 32.2. The Hall–Kier alpha value is -11.4. The summed E-state index contributed by atoms with van der Waals surface area (Å²) in [6.07, 6.45) is 13.2. The number of aliphatic imine (C=N–C) groups is 2. The molecule has 5 saturated heterocycles. The van der Waals surface area contributed by atoms with Gasteiger partial charge in [0.1, 0.15) is 46.5 Å². The molecule has 0 atom stereocenters. The first-order chi connectivity index (χ1) is 65.3. The van der Waals surface area contributed by atoms with Gasteiger partial charge < -0.3 is 65.2 Å². The first kappa shape index (κ1) is 107. The van der Waals surface area contributed by atoms with E-state index in [-0.39, 0.29) is 50.3 Å². The first-order valence-electron chi connectivity index (χ1n) is 46.1. The second-order valence-electron chi connectivity index (χ2n) is 34.0. The van der Waals surface area contributed by atoms with Gasteiger partial charge >= 0.3 is 28.4 Å². The van der Waals surface area contributed by atoms with Crippen LogP contribution in [0.5, 0.6) is 5.75 Å². The summed E-state index contributed by atoms with van der Waals surface area (Å²) in [5.41, 5.74) is 1.49. The number of likely N-dealkylation sites (N-methyl/N-ethyl adjacent to an activating group) is 1. The second kappa shape index (κ2) is 53.9. The van der Waals surface area contributed by atoms with Crippen LogP contribution in [-0.2, 0) is 86.8 Å². The number of rotatable bonds is 27. The maximum Gasteiger partial charge on any atom is 0.329 e. The van der Waals surface area contributed by atoms with E-state index >= 15 is 0 Å². The predicted octanol–water partition coefficient (Wildman–Crippen LogP) is 3.41. The lowest BCUT2D eigenvalue weighted by Crippen LogP contribution is -2.46. The third kappa shape index (κ3) is 33.2. The van der Waals surface area contributed by atoms with E-state index in [9.17, 15) is 57.5 Å². The van der Waals surface area contributed by atoms with Crippen molar-refractivity contribution in [3.63, 3.8) is 0 Å². The summed E-state index contributed by atoms with van der Waals surface area (Å²) < 4.78 is 21.4. The van der Waals surface area contributed by atoms with E-state index in [1.165, 1.54) is 150 Å². The summed E-state index contributed by atoms with van der Waals surface area (Å²) in [6.45, 7) is 25.4. The summed E-state index contributed by atoms with van der Waals surface area (Å²) in [4.78, 5) is 178. The third-order valence-corrected chi connectivity index (χ3v) is 26.9. The number of hydrogen-bond acceptors (Lipinski definition) is 31. The van der Waals surface area contributed by atoms with Crippen LogP contribution in [0.4, 0.5) is 40.7 Å². The Morgan fingerprint density at radius 3 is 1.10 bits per heavy atom. The first-order valence-corrected chi connectivity index (χ1v) is 48.9. The van der Waals surface area contributed by atoms with Gasteiger partial charge in [0.25, 0.3) is 38.9 Å². The van der Waals surface area contributed by atoms with E-state index in [0.717, 1.165) is 210 Å². The summed E-state index contributed by atoms with van der Waals surface area (Å²) in [6, 6.07) is 23.0. The molecule has 136 heavy (non-hydrogen) atoms. The molecule has 0 saturated carbocycles. The monoisotopic (exact) mass is 1960 g/mol. The molecule has 2 aromatic carbocycles. The van der Waals surface area contributed by atoms with Gasteiger partial charge in [-0.05, 0) is 152 Å². The van der Waals surface area contributed by atoms with Crippen LogP contribution in [0.3, 0.4) is 0 Å². The van der Waals surface area contributed by atoms with Gasteiger partial charge in [0.15, 0.2) is 9.54 Å². The number of piperazine rings is 1. The molecule has 16 rings (SSSR count). The lowest BCUT2D eigenvalue weighted by atomic mass is 10.1. The number of anilines is 5. The number of likely N-dealkylation sites (tertiary alicyclic amines) is 3. The number of piperidine rings is 2. The van der Waals surface area contributed by atoms with Crippen LogP contribution in [0, 0.1) is 16.5 Å². The van der Waals surface area contributed by atoms with Gasteiger partial charge in [0.05, 0.1) is 41.5 Å². The normalized spacial score (nSPS) is 15.5. The van der Waals surface area contributed by atoms with Crippen LogP contribution in [0.1, 0.15) is 79.2 Å². The van der Waals surface area contributed by atoms with Gasteiger partial charge in [-0.3, -0.25) is 100 Å². The van der Waals surface area contributed by atoms with Crippen LogP contribution >= 0.6 is 48.0 Å². The smallest absolute Gasteiger partial charge is 0.329 e. The van der Waals surface area contributed by atoms with E-state index in [2.05, 4.69) is 127 Å². The molecule has 0 aliphatic carbocycles. The molecule has 740 valence electrons. The summed E-state index contributed by atoms with van der Waals surface area (Å²) in [5, 5.41) is 17.4. The molecule has 9 aromatic rings. The fraction of sp³-hybridized carbons (Fsp3) is 0.538. The number of benzene rings is 2. The second-order valence-corrected chi connectivity index (χ2v) is 37.1. The number of aromatic amines is 6. The maximum absolute atomic E-state index is 12.3. The number of morpholine rings is 1. The Morgan fingerprint density at radius 2 is 0.713 bits per heavy atom. The summed E-state index contributed by atoms with van der Waals surface area (Å²) >= 11 is 13.9. The molecule has 14 heterocycles. The van der Waals surface area contributed by atoms with Crippen LogP contribution in [0.15, 0.2) is 146 Å². The molecule has 45 heteroatoms. The van der Waals surface area contributed by atoms with Gasteiger partial charge in [0, 0.05) is 216 Å². The molecule has 0 unspecified atom stereocenters. The highest BCUT2D eigenvalue weighted by molar-refractivity contribution is 8.14. The third-order valence-electron chi connectivity index (χ3n) is 24.1. The number of methoxy groups -OCH3 is 1. The molecule has 41 nitrogen and oxygen atoms in total. The van der Waals surface area contributed by atoms with Crippen molar-refractivity contribution in [3.05, 3.63) is 241 Å². The SMILES string of the molecule is CN1CCN(CCNc2cc(=O)n(C)c(=O)[nH]2)CC1.COc1ccc(CCNc2cc(=O)n(C)c(=O)[nH]2)cc1.Cc1ccc(CCNc2cc(=O)n(C)c(=O)[nH]2)cc1.Cn1c(=O)cc(NCCN2CCCCC2)[nH]c1=O.Cn1c(=O)cc(NCCN2CCCCC2)[nH]c1=O.Cn1c(=S)[nH]c2c(c1=O)CC(SCCN1CCCC1)=N2.Cn1c2c(c(=O)n(C)c1=S)CC(SCCN1CCOCC1)=N2. The van der Waals surface area contributed by atoms with Crippen molar-refractivity contribution in [1.29, 1.82) is 0 Å². The van der Waals surface area contributed by atoms with Crippen molar-refractivity contribution >= 4 is 98.8 Å². The van der Waals surface area contributed by atoms with Crippen molar-refractivity contribution in [1.82, 2.24) is 95.8 Å². The van der Waals surface area contributed by atoms with Gasteiger partial charge in [-0.25, -0.2) is 34.0 Å². The van der Waals surface area contributed by atoms with E-state index < -0.39 is 17.1 Å². The van der Waals surface area contributed by atoms with Crippen molar-refractivity contribution < 1.29 is 9.47 Å². The lowest BCUT2D eigenvalue weighted by molar-refractivity contribution is 0.0410. The molecule has 0 amide bonds. The minimum atomic E-state index is -0.426. The topological polar surface area (TPSA) is 462 Å². The number of fused-ring (bicyclic) bond motifs is 2. The molecular formula is C91H133N27O14S4. The number of thioether (sulfide) groups is 2. The fourth-order valence-electron chi connectivity index (χ4n) is 15.3. The molecular weight excluding hydrogens is 1820 g/mol. The molecule has 5 fully saturated rings. The molecule has 0 radical (unpaired) electrons. The number of nitrogens with one attached hydrogen (secondary N) is 11. The van der Waals surface area contributed by atoms with Crippen LogP contribution in [-0.4, -0.2) is 289 Å². The standard InChI is InChI=1S/C14H20N4O2S2.C14H17N3O3.C14H17N3O2.C13H18N4OS2.C12H21N5O2.2C12H20N4O2/c1-16-12-10(13(19)17(2)14(16)21)9-11(15-12)22-8-5-18-3-6-20-7-4-18;1-17-13(18)9-12(16-14(17)19)15-8-7-10-3-5-11(20-2)6-4-10;1-10-3-5-11(6-4-10)7-8-15-12-9-13(18)17(2)14(19)16-12;1-16-12(18)9-8-10(14-11(9)15-13(16)19)20-7-6-17-4-2-3-5-17;1-15-5-7-17(8-6-15)4-3-13-10-9-11(18)16(2)12(19)14-10;2*1-15-11(17)9-10(14-12(15)18)13-5-8-16-6-3-2-4-7-16/h3-9H2,1-2H3;3-6,9,15H,7-8H2,1-2H3,(H,16,19);3-6,9,15H,7-8H2,1-2H3,(H,16,19);2-8H2,1H3,(H,15,19);9,13H,3-8H2,1-2H3,(H,14,19);2*9,13H,2-8H2,1H3,(H,14,18). The summed E-state index contributed by atoms with van der Waals surface area (Å²) in [5.74, 6) is 6.60. The zero-order chi connectivity index (χ0) is 97.9. The highest BCUT2D eigenvalue weighted by Crippen LogP contribution is 2.29. The maximum atomic E-state index is 12.3. The van der Waals surface area contributed by atoms with Gasteiger partial charge in [-0.15, -0.1) is 23.5 Å². The van der Waals surface area contributed by atoms with Gasteiger partial charge in [-0.2, -0.15) is 0 Å². The number of aromatic nitrogens is 14. The molecule has 7 aliphatic rings. The Balaban J connectivity index is 0.000000164. The fourth-order valence-corrected chi connectivity index (χ4v) is 17.6. The highest BCUT2D eigenvalue weighted by Gasteiger charge is 2.25. The average molecular weight is 1960 g/mol. The molecule has 7 aromatic heterocycles. The molecule has 7 aliphatic heterocycles. The average Bonchev–Trinajstić information content (AvgIpc) is 1.61. The van der Waals surface area contributed by atoms with Crippen molar-refractivity contribution in [3.8, 4) is 5.75 Å². The van der Waals surface area contributed by atoms with E-state index in [1.807, 2.05) is 42.8 Å². The van der Waals surface area contributed by atoms with Crippen LogP contribution in [0.25, 0.3) is 0 Å². The number of aryl methyl sites for hydroxylation is 1. The quantitative estimate of drug-likeness (QED) is 0.0329. The molecule has 0 spiro atoms. The van der Waals surface area contributed by atoms with Crippen molar-refractivity contribution in [2.45, 2.75) is 84.0 Å². The number of ether oxygens (including phenoxy) is 2. The van der Waals surface area contributed by atoms with Gasteiger partial charge in [-0.1, -0.05) is 54.8 Å². The Labute approximate surface area is 805 Å². The summed E-state index contributed by atoms with van der Waals surface area (Å²) in [7, 11) is 16.3. The lowest BCUT2D eigenvalue weighted by Gasteiger charge is -2.32. The molecule has 0 bridgehead atoms. The largest absolute Gasteiger partial charge is 0.497 e. The minimum Gasteiger partial charge on any atom is -0.497 e.